The summed E-state index contributed by atoms with van der Waals surface area (Å²) in [6.45, 7) is 0. The maximum atomic E-state index is 9.76. The second kappa shape index (κ2) is 2.69. The van der Waals surface area contributed by atoms with Gasteiger partial charge in [0.2, 0.25) is 0 Å². The van der Waals surface area contributed by atoms with E-state index in [2.05, 4.69) is 4.98 Å². The van der Waals surface area contributed by atoms with Crippen molar-refractivity contribution in [3.05, 3.63) is 35.8 Å². The lowest BCUT2D eigenvalue weighted by Gasteiger charge is -2.00. The topological polar surface area (TPSA) is 33.1 Å². The van der Waals surface area contributed by atoms with Crippen molar-refractivity contribution in [2.75, 3.05) is 0 Å². The van der Waals surface area contributed by atoms with E-state index in [0.717, 1.165) is 21.0 Å². The highest BCUT2D eigenvalue weighted by molar-refractivity contribution is 7.16. The van der Waals surface area contributed by atoms with Gasteiger partial charge in [-0.05, 0) is 17.5 Å². The van der Waals surface area contributed by atoms with Crippen molar-refractivity contribution in [1.82, 2.24) is 4.98 Å². The summed E-state index contributed by atoms with van der Waals surface area (Å²) < 4.78 is 0. The molecular weight excluding hydrogens is 194 g/mol. The van der Waals surface area contributed by atoms with Crippen LogP contribution in [-0.2, 0) is 0 Å². The second-order valence-electron chi connectivity index (χ2n) is 3.14. The van der Waals surface area contributed by atoms with E-state index in [1.807, 2.05) is 23.6 Å². The van der Waals surface area contributed by atoms with E-state index in [-0.39, 0.29) is 0 Å². The number of benzene rings is 1. The van der Waals surface area contributed by atoms with Crippen molar-refractivity contribution in [1.29, 1.82) is 0 Å². The molecule has 0 saturated carbocycles. The SMILES string of the molecule is Oc1cccc2cnc3sccc3c12. The third-order valence-electron chi connectivity index (χ3n) is 2.31. The highest BCUT2D eigenvalue weighted by Gasteiger charge is 2.05. The van der Waals surface area contributed by atoms with Gasteiger partial charge < -0.3 is 5.11 Å². The second-order valence-corrected chi connectivity index (χ2v) is 4.03. The Morgan fingerprint density at radius 3 is 3.07 bits per heavy atom. The fourth-order valence-electron chi connectivity index (χ4n) is 1.68. The average molecular weight is 201 g/mol. The maximum Gasteiger partial charge on any atom is 0.124 e. The summed E-state index contributed by atoms with van der Waals surface area (Å²) in [5.74, 6) is 0.327. The van der Waals surface area contributed by atoms with Crippen LogP contribution < -0.4 is 0 Å². The minimum atomic E-state index is 0.327. The Morgan fingerprint density at radius 2 is 2.14 bits per heavy atom. The van der Waals surface area contributed by atoms with Crippen LogP contribution in [0, 0.1) is 0 Å². The van der Waals surface area contributed by atoms with Gasteiger partial charge in [0, 0.05) is 22.4 Å². The normalized spacial score (nSPS) is 11.1. The van der Waals surface area contributed by atoms with E-state index in [1.54, 1.807) is 23.6 Å². The molecular formula is C11H7NOS. The van der Waals surface area contributed by atoms with Crippen LogP contribution in [0.2, 0.25) is 0 Å². The van der Waals surface area contributed by atoms with Crippen LogP contribution in [0.3, 0.4) is 0 Å². The van der Waals surface area contributed by atoms with Crippen LogP contribution in [-0.4, -0.2) is 10.1 Å². The molecule has 14 heavy (non-hydrogen) atoms. The zero-order valence-corrected chi connectivity index (χ0v) is 8.08. The molecule has 68 valence electrons. The Morgan fingerprint density at radius 1 is 1.21 bits per heavy atom. The standard InChI is InChI=1S/C11H7NOS/c13-9-3-1-2-7-6-12-11-8(10(7)9)4-5-14-11/h1-6,13H. The third kappa shape index (κ3) is 0.930. The number of hydrogen-bond donors (Lipinski definition) is 1. The average Bonchev–Trinajstić information content (AvgIpc) is 2.65. The van der Waals surface area contributed by atoms with Crippen LogP contribution >= 0.6 is 11.3 Å². The highest BCUT2D eigenvalue weighted by Crippen LogP contribution is 2.32. The van der Waals surface area contributed by atoms with Gasteiger partial charge in [-0.3, -0.25) is 0 Å². The van der Waals surface area contributed by atoms with Gasteiger partial charge in [-0.25, -0.2) is 4.98 Å². The van der Waals surface area contributed by atoms with Gasteiger partial charge in [0.05, 0.1) is 0 Å². The number of hydrogen-bond acceptors (Lipinski definition) is 3. The Hall–Kier alpha value is -1.61. The van der Waals surface area contributed by atoms with E-state index >= 15 is 0 Å². The fraction of sp³-hybridized carbons (Fsp3) is 0. The van der Waals surface area contributed by atoms with Crippen molar-refractivity contribution in [3.8, 4) is 5.75 Å². The van der Waals surface area contributed by atoms with Gasteiger partial charge in [0.25, 0.3) is 0 Å². The predicted molar refractivity (Wildman–Crippen MR) is 58.8 cm³/mol. The van der Waals surface area contributed by atoms with Crippen LogP contribution in [0.1, 0.15) is 0 Å². The molecule has 2 heterocycles. The van der Waals surface area contributed by atoms with Crippen LogP contribution in [0.5, 0.6) is 5.75 Å². The lowest BCUT2D eigenvalue weighted by atomic mass is 10.1. The molecule has 0 bridgehead atoms. The molecule has 3 heteroatoms. The monoisotopic (exact) mass is 201 g/mol. The molecule has 0 saturated heterocycles. The van der Waals surface area contributed by atoms with Gasteiger partial charge in [0.15, 0.2) is 0 Å². The molecule has 3 aromatic rings. The smallest absolute Gasteiger partial charge is 0.124 e. The molecule has 0 radical (unpaired) electrons. The van der Waals surface area contributed by atoms with Crippen molar-refractivity contribution >= 4 is 32.3 Å². The minimum absolute atomic E-state index is 0.327. The first-order valence-corrected chi connectivity index (χ1v) is 5.18. The number of thiophene rings is 1. The van der Waals surface area contributed by atoms with E-state index < -0.39 is 0 Å². The first kappa shape index (κ1) is 7.76. The molecule has 1 aromatic carbocycles. The molecule has 2 nitrogen and oxygen atoms in total. The van der Waals surface area contributed by atoms with Gasteiger partial charge in [0.1, 0.15) is 10.6 Å². The third-order valence-corrected chi connectivity index (χ3v) is 3.13. The summed E-state index contributed by atoms with van der Waals surface area (Å²) in [6.07, 6.45) is 1.80. The first-order chi connectivity index (χ1) is 6.86. The van der Waals surface area contributed by atoms with Gasteiger partial charge >= 0.3 is 0 Å². The molecule has 0 spiro atoms. The molecule has 0 aliphatic rings. The van der Waals surface area contributed by atoms with Crippen LogP contribution in [0.4, 0.5) is 0 Å². The van der Waals surface area contributed by atoms with E-state index in [0.29, 0.717) is 5.75 Å². The van der Waals surface area contributed by atoms with Crippen molar-refractivity contribution in [3.63, 3.8) is 0 Å². The molecule has 0 amide bonds. The van der Waals surface area contributed by atoms with E-state index in [1.165, 1.54) is 0 Å². The van der Waals surface area contributed by atoms with Crippen molar-refractivity contribution < 1.29 is 5.11 Å². The van der Waals surface area contributed by atoms with Crippen LogP contribution in [0.15, 0.2) is 35.8 Å². The Kier molecular flexibility index (Phi) is 1.49. The van der Waals surface area contributed by atoms with E-state index in [9.17, 15) is 5.11 Å². The summed E-state index contributed by atoms with van der Waals surface area (Å²) in [7, 11) is 0. The number of nitrogens with zero attached hydrogens (tertiary/aromatic N) is 1. The van der Waals surface area contributed by atoms with E-state index in [4.69, 9.17) is 0 Å². The van der Waals surface area contributed by atoms with Gasteiger partial charge in [-0.1, -0.05) is 12.1 Å². The number of aromatic nitrogens is 1. The number of pyridine rings is 1. The zero-order chi connectivity index (χ0) is 9.54. The number of rotatable bonds is 0. The Labute approximate surface area is 84.4 Å². The zero-order valence-electron chi connectivity index (χ0n) is 7.27. The molecule has 1 N–H and O–H groups in total. The van der Waals surface area contributed by atoms with Crippen molar-refractivity contribution in [2.45, 2.75) is 0 Å². The van der Waals surface area contributed by atoms with Gasteiger partial charge in [-0.2, -0.15) is 0 Å². The van der Waals surface area contributed by atoms with Gasteiger partial charge in [-0.15, -0.1) is 11.3 Å². The lowest BCUT2D eigenvalue weighted by molar-refractivity contribution is 0.482. The van der Waals surface area contributed by atoms with Crippen molar-refractivity contribution in [2.24, 2.45) is 0 Å². The Bertz CT molecular complexity index is 615. The highest BCUT2D eigenvalue weighted by atomic mass is 32.1. The quantitative estimate of drug-likeness (QED) is 0.606. The van der Waals surface area contributed by atoms with Crippen LogP contribution in [0.25, 0.3) is 21.0 Å². The summed E-state index contributed by atoms with van der Waals surface area (Å²) in [6, 6.07) is 7.49. The molecule has 0 aliphatic carbocycles. The predicted octanol–water partition coefficient (Wildman–Crippen LogP) is 3.16. The summed E-state index contributed by atoms with van der Waals surface area (Å²) in [5.41, 5.74) is 0. The Balaban J connectivity index is 2.67. The number of phenols is 1. The minimum Gasteiger partial charge on any atom is -0.507 e. The molecule has 0 aliphatic heterocycles. The lowest BCUT2D eigenvalue weighted by Crippen LogP contribution is -1.77. The molecule has 3 rings (SSSR count). The maximum absolute atomic E-state index is 9.76. The molecule has 2 aromatic heterocycles. The summed E-state index contributed by atoms with van der Waals surface area (Å²) >= 11 is 1.59. The fourth-order valence-corrected chi connectivity index (χ4v) is 2.42. The summed E-state index contributed by atoms with van der Waals surface area (Å²) in [4.78, 5) is 5.29. The first-order valence-electron chi connectivity index (χ1n) is 4.30. The molecule has 0 fully saturated rings. The number of phenolic OH excluding ortho intramolecular Hbond substituents is 1. The largest absolute Gasteiger partial charge is 0.507 e. The number of fused-ring (bicyclic) bond motifs is 3. The molecule has 0 atom stereocenters. The summed E-state index contributed by atoms with van der Waals surface area (Å²) in [5, 5.41) is 14.7. The number of aromatic hydroxyl groups is 1. The molecule has 0 unspecified atom stereocenters.